The summed E-state index contributed by atoms with van der Waals surface area (Å²) >= 11 is 0. The largest absolute Gasteiger partial charge is 0.394 e. The van der Waals surface area contributed by atoms with Crippen LogP contribution in [0.1, 0.15) is 26.2 Å². The topological polar surface area (TPSA) is 52.7 Å². The van der Waals surface area contributed by atoms with Crippen LogP contribution in [0.4, 0.5) is 0 Å². The molecule has 1 aliphatic carbocycles. The van der Waals surface area contributed by atoms with E-state index in [1.165, 1.54) is 19.3 Å². The summed E-state index contributed by atoms with van der Waals surface area (Å²) in [6.45, 7) is 3.70. The van der Waals surface area contributed by atoms with Gasteiger partial charge in [-0.25, -0.2) is 0 Å². The molecule has 1 unspecified atom stereocenters. The third-order valence-electron chi connectivity index (χ3n) is 3.79. The second kappa shape index (κ2) is 5.00. The molecule has 0 radical (unpaired) electrons. The molecule has 1 aliphatic rings. The minimum atomic E-state index is -0.494. The van der Waals surface area contributed by atoms with Crippen molar-refractivity contribution in [2.75, 3.05) is 40.8 Å². The standard InChI is InChI=1S/C12H27N3O/c1-11(13,10-16)8-15(4)9-12(14(2)3)6-5-7-12/h16H,5-10,13H2,1-4H3. The summed E-state index contributed by atoms with van der Waals surface area (Å²) < 4.78 is 0. The Balaban J connectivity index is 2.47. The monoisotopic (exact) mass is 229 g/mol. The number of likely N-dealkylation sites (N-methyl/N-ethyl adjacent to an activating group) is 2. The fourth-order valence-electron chi connectivity index (χ4n) is 2.56. The first-order chi connectivity index (χ1) is 7.31. The van der Waals surface area contributed by atoms with E-state index in [0.717, 1.165) is 13.1 Å². The van der Waals surface area contributed by atoms with Crippen LogP contribution in [0.2, 0.25) is 0 Å². The van der Waals surface area contributed by atoms with Crippen molar-refractivity contribution in [3.8, 4) is 0 Å². The zero-order valence-electron chi connectivity index (χ0n) is 11.2. The molecule has 3 N–H and O–H groups in total. The molecule has 0 aromatic heterocycles. The normalized spacial score (nSPS) is 23.2. The second-order valence-corrected chi connectivity index (χ2v) is 5.96. The first-order valence-electron chi connectivity index (χ1n) is 6.07. The molecule has 0 saturated heterocycles. The fraction of sp³-hybridized carbons (Fsp3) is 1.00. The van der Waals surface area contributed by atoms with Gasteiger partial charge in [-0.15, -0.1) is 0 Å². The number of rotatable bonds is 6. The Kier molecular flexibility index (Phi) is 4.35. The van der Waals surface area contributed by atoms with E-state index in [9.17, 15) is 0 Å². The number of hydrogen-bond acceptors (Lipinski definition) is 4. The Morgan fingerprint density at radius 1 is 1.31 bits per heavy atom. The number of nitrogens with two attached hydrogens (primary N) is 1. The minimum absolute atomic E-state index is 0.0340. The molecule has 96 valence electrons. The summed E-state index contributed by atoms with van der Waals surface area (Å²) in [5, 5.41) is 9.16. The fourth-order valence-corrected chi connectivity index (χ4v) is 2.56. The number of nitrogens with zero attached hydrogens (tertiary/aromatic N) is 2. The van der Waals surface area contributed by atoms with Gasteiger partial charge in [0.05, 0.1) is 6.61 Å². The Hall–Kier alpha value is -0.160. The first kappa shape index (κ1) is 13.9. The van der Waals surface area contributed by atoms with Gasteiger partial charge in [0, 0.05) is 24.2 Å². The average Bonchev–Trinajstić information content (AvgIpc) is 2.10. The lowest BCUT2D eigenvalue weighted by Gasteiger charge is -2.50. The highest BCUT2D eigenvalue weighted by atomic mass is 16.3. The number of hydrogen-bond donors (Lipinski definition) is 2. The van der Waals surface area contributed by atoms with Crippen molar-refractivity contribution < 1.29 is 5.11 Å². The Labute approximate surface area is 99.4 Å². The smallest absolute Gasteiger partial charge is 0.0621 e. The zero-order valence-corrected chi connectivity index (χ0v) is 11.2. The van der Waals surface area contributed by atoms with Crippen LogP contribution in [-0.4, -0.2) is 66.8 Å². The SMILES string of the molecule is CN(CC(C)(N)CO)CC1(N(C)C)CCC1. The van der Waals surface area contributed by atoms with Crippen LogP contribution < -0.4 is 5.73 Å². The average molecular weight is 229 g/mol. The summed E-state index contributed by atoms with van der Waals surface area (Å²) in [5.74, 6) is 0. The van der Waals surface area contributed by atoms with Gasteiger partial charge >= 0.3 is 0 Å². The molecule has 1 fully saturated rings. The molecule has 0 bridgehead atoms. The maximum atomic E-state index is 9.16. The van der Waals surface area contributed by atoms with Gasteiger partial charge in [0.25, 0.3) is 0 Å². The van der Waals surface area contributed by atoms with Gasteiger partial charge in [0.1, 0.15) is 0 Å². The molecule has 0 aromatic rings. The van der Waals surface area contributed by atoms with Gasteiger partial charge in [-0.1, -0.05) is 0 Å². The number of aliphatic hydroxyl groups excluding tert-OH is 1. The second-order valence-electron chi connectivity index (χ2n) is 5.96. The molecule has 16 heavy (non-hydrogen) atoms. The maximum absolute atomic E-state index is 9.16. The molecule has 0 amide bonds. The summed E-state index contributed by atoms with van der Waals surface area (Å²) in [5.41, 5.74) is 5.81. The third-order valence-corrected chi connectivity index (χ3v) is 3.79. The Morgan fingerprint density at radius 2 is 1.88 bits per heavy atom. The first-order valence-corrected chi connectivity index (χ1v) is 6.07. The quantitative estimate of drug-likeness (QED) is 0.679. The van der Waals surface area contributed by atoms with E-state index in [1.807, 2.05) is 6.92 Å². The third kappa shape index (κ3) is 3.17. The molecule has 0 spiro atoms. The molecular weight excluding hydrogens is 202 g/mol. The predicted octanol–water partition coefficient (Wildman–Crippen LogP) is 0.112. The van der Waals surface area contributed by atoms with Gasteiger partial charge in [-0.3, -0.25) is 0 Å². The maximum Gasteiger partial charge on any atom is 0.0621 e. The van der Waals surface area contributed by atoms with E-state index >= 15 is 0 Å². The summed E-state index contributed by atoms with van der Waals surface area (Å²) in [7, 11) is 6.39. The molecule has 0 aromatic carbocycles. The van der Waals surface area contributed by atoms with Gasteiger partial charge in [-0.2, -0.15) is 0 Å². The van der Waals surface area contributed by atoms with E-state index in [2.05, 4.69) is 30.9 Å². The summed E-state index contributed by atoms with van der Waals surface area (Å²) in [6, 6.07) is 0. The van der Waals surface area contributed by atoms with Gasteiger partial charge in [-0.05, 0) is 47.3 Å². The molecule has 1 atom stereocenters. The van der Waals surface area contributed by atoms with Crippen LogP contribution in [0, 0.1) is 0 Å². The lowest BCUT2D eigenvalue weighted by Crippen LogP contribution is -2.59. The van der Waals surface area contributed by atoms with Gasteiger partial charge in [0.15, 0.2) is 0 Å². The molecule has 4 nitrogen and oxygen atoms in total. The molecule has 0 aliphatic heterocycles. The molecule has 0 heterocycles. The highest BCUT2D eigenvalue weighted by Crippen LogP contribution is 2.36. The minimum Gasteiger partial charge on any atom is -0.394 e. The van der Waals surface area contributed by atoms with Crippen molar-refractivity contribution in [1.82, 2.24) is 9.80 Å². The lowest BCUT2D eigenvalue weighted by molar-refractivity contribution is 0.0199. The molecule has 1 rings (SSSR count). The summed E-state index contributed by atoms with van der Waals surface area (Å²) in [4.78, 5) is 4.58. The van der Waals surface area contributed by atoms with Crippen molar-refractivity contribution in [2.24, 2.45) is 5.73 Å². The molecule has 4 heteroatoms. The predicted molar refractivity (Wildman–Crippen MR) is 67.4 cm³/mol. The van der Waals surface area contributed by atoms with Crippen molar-refractivity contribution in [3.05, 3.63) is 0 Å². The van der Waals surface area contributed by atoms with E-state index in [-0.39, 0.29) is 6.61 Å². The number of aliphatic hydroxyl groups is 1. The van der Waals surface area contributed by atoms with Crippen LogP contribution in [-0.2, 0) is 0 Å². The van der Waals surface area contributed by atoms with Crippen LogP contribution in [0.25, 0.3) is 0 Å². The van der Waals surface area contributed by atoms with Crippen LogP contribution in [0.5, 0.6) is 0 Å². The van der Waals surface area contributed by atoms with E-state index in [4.69, 9.17) is 10.8 Å². The van der Waals surface area contributed by atoms with Gasteiger partial charge in [0.2, 0.25) is 0 Å². The van der Waals surface area contributed by atoms with Gasteiger partial charge < -0.3 is 20.6 Å². The lowest BCUT2D eigenvalue weighted by atomic mass is 9.75. The molecular formula is C12H27N3O. The Bertz CT molecular complexity index is 224. The van der Waals surface area contributed by atoms with Crippen molar-refractivity contribution in [1.29, 1.82) is 0 Å². The van der Waals surface area contributed by atoms with Crippen molar-refractivity contribution in [3.63, 3.8) is 0 Å². The van der Waals surface area contributed by atoms with Crippen LogP contribution in [0.3, 0.4) is 0 Å². The van der Waals surface area contributed by atoms with Crippen LogP contribution in [0.15, 0.2) is 0 Å². The van der Waals surface area contributed by atoms with Crippen molar-refractivity contribution >= 4 is 0 Å². The van der Waals surface area contributed by atoms with E-state index < -0.39 is 5.54 Å². The van der Waals surface area contributed by atoms with Crippen molar-refractivity contribution in [2.45, 2.75) is 37.3 Å². The van der Waals surface area contributed by atoms with E-state index in [1.54, 1.807) is 0 Å². The van der Waals surface area contributed by atoms with Crippen LogP contribution >= 0.6 is 0 Å². The highest BCUT2D eigenvalue weighted by Gasteiger charge is 2.40. The molecule has 1 saturated carbocycles. The Morgan fingerprint density at radius 3 is 2.19 bits per heavy atom. The highest BCUT2D eigenvalue weighted by molar-refractivity contribution is 4.98. The zero-order chi connectivity index (χ0) is 12.4. The summed E-state index contributed by atoms with van der Waals surface area (Å²) in [6.07, 6.45) is 3.86. The van der Waals surface area contributed by atoms with E-state index in [0.29, 0.717) is 5.54 Å².